The number of nitrogens with zero attached hydrogens (tertiary/aromatic N) is 1. The van der Waals surface area contributed by atoms with Crippen LogP contribution in [-0.4, -0.2) is 43.9 Å². The fourth-order valence-electron chi connectivity index (χ4n) is 3.92. The average molecular weight is 532 g/mol. The van der Waals surface area contributed by atoms with Crippen molar-refractivity contribution < 1.29 is 9.84 Å². The molecule has 2 aromatic rings. The molecule has 3 N–H and O–H groups in total. The van der Waals surface area contributed by atoms with Crippen molar-refractivity contribution in [2.45, 2.75) is 45.8 Å². The maximum Gasteiger partial charge on any atom is 0.191 e. The van der Waals surface area contributed by atoms with Gasteiger partial charge in [-0.15, -0.1) is 35.3 Å². The molecule has 7 heteroatoms. The molecule has 1 saturated heterocycles. The third-order valence-electron chi connectivity index (χ3n) is 5.29. The molecule has 1 fully saturated rings. The van der Waals surface area contributed by atoms with E-state index in [-0.39, 0.29) is 35.5 Å². The Hall–Kier alpha value is -0.900. The van der Waals surface area contributed by atoms with Crippen molar-refractivity contribution >= 4 is 51.4 Å². The highest BCUT2D eigenvalue weighted by atomic mass is 127. The molecule has 3 rings (SSSR count). The summed E-state index contributed by atoms with van der Waals surface area (Å²) in [5.74, 6) is 1.18. The van der Waals surface area contributed by atoms with E-state index < -0.39 is 6.10 Å². The number of guanidine groups is 1. The van der Waals surface area contributed by atoms with Crippen molar-refractivity contribution in [1.29, 1.82) is 0 Å². The van der Waals surface area contributed by atoms with Gasteiger partial charge in [-0.05, 0) is 35.8 Å². The lowest BCUT2D eigenvalue weighted by Crippen LogP contribution is -2.48. The molecule has 0 aliphatic carbocycles. The third kappa shape index (κ3) is 6.54. The van der Waals surface area contributed by atoms with E-state index in [4.69, 9.17) is 4.74 Å². The maximum atomic E-state index is 10.6. The summed E-state index contributed by atoms with van der Waals surface area (Å²) in [4.78, 5) is 5.28. The molecule has 0 bridgehead atoms. The fraction of sp³-hybridized carbons (Fsp3) is 0.591. The van der Waals surface area contributed by atoms with E-state index in [2.05, 4.69) is 54.6 Å². The minimum absolute atomic E-state index is 0. The van der Waals surface area contributed by atoms with Gasteiger partial charge < -0.3 is 20.5 Å². The van der Waals surface area contributed by atoms with Crippen molar-refractivity contribution in [3.8, 4) is 0 Å². The Bertz CT molecular complexity index is 770. The second kappa shape index (κ2) is 10.9. The molecule has 1 aromatic carbocycles. The third-order valence-corrected chi connectivity index (χ3v) is 6.51. The largest absolute Gasteiger partial charge is 0.386 e. The highest BCUT2D eigenvalue weighted by molar-refractivity contribution is 14.0. The first-order chi connectivity index (χ1) is 13.4. The van der Waals surface area contributed by atoms with Gasteiger partial charge in [0, 0.05) is 42.2 Å². The zero-order valence-electron chi connectivity index (χ0n) is 17.8. The van der Waals surface area contributed by atoms with Crippen LogP contribution >= 0.6 is 35.3 Å². The van der Waals surface area contributed by atoms with Gasteiger partial charge in [-0.25, -0.2) is 0 Å². The van der Waals surface area contributed by atoms with Crippen LogP contribution < -0.4 is 10.6 Å². The summed E-state index contributed by atoms with van der Waals surface area (Å²) in [7, 11) is 1.76. The molecule has 1 aromatic heterocycles. The molecule has 3 atom stereocenters. The van der Waals surface area contributed by atoms with E-state index in [0.29, 0.717) is 12.5 Å². The number of aliphatic hydroxyl groups excluding tert-OH is 1. The van der Waals surface area contributed by atoms with Gasteiger partial charge in [0.2, 0.25) is 0 Å². The smallest absolute Gasteiger partial charge is 0.191 e. The molecule has 162 valence electrons. The number of aliphatic imine (C=N–C) groups is 1. The first kappa shape index (κ1) is 24.4. The SMILES string of the molecule is CN=C(NCC(O)c1cc2ccccc2s1)NCC1CCCOC1C(C)(C)C.I. The number of nitrogens with one attached hydrogen (secondary N) is 2. The molecule has 1 aliphatic heterocycles. The quantitative estimate of drug-likeness (QED) is 0.301. The highest BCUT2D eigenvalue weighted by Gasteiger charge is 2.35. The van der Waals surface area contributed by atoms with Gasteiger partial charge in [0.1, 0.15) is 6.10 Å². The Morgan fingerprint density at radius 3 is 2.76 bits per heavy atom. The standard InChI is InChI=1S/C22H33N3O2S.HI/c1-22(2,3)20-16(9-7-11-27-20)13-24-21(23-4)25-14-17(26)19-12-15-8-5-6-10-18(15)28-19;/h5-6,8,10,12,16-17,20,26H,7,9,11,13-14H2,1-4H3,(H2,23,24,25);1H. The maximum absolute atomic E-state index is 10.6. The lowest BCUT2D eigenvalue weighted by Gasteiger charge is -2.40. The number of benzene rings is 1. The van der Waals surface area contributed by atoms with Crippen LogP contribution in [0, 0.1) is 11.3 Å². The van der Waals surface area contributed by atoms with Crippen molar-refractivity contribution in [3.05, 3.63) is 35.2 Å². The predicted octanol–water partition coefficient (Wildman–Crippen LogP) is 4.56. The first-order valence-corrected chi connectivity index (χ1v) is 10.9. The number of ether oxygens (including phenoxy) is 1. The topological polar surface area (TPSA) is 65.9 Å². The Kier molecular flexibility index (Phi) is 9.18. The molecule has 29 heavy (non-hydrogen) atoms. The summed E-state index contributed by atoms with van der Waals surface area (Å²) in [5.41, 5.74) is 0.126. The number of thiophene rings is 1. The second-order valence-corrected chi connectivity index (χ2v) is 9.71. The highest BCUT2D eigenvalue weighted by Crippen LogP contribution is 2.33. The monoisotopic (exact) mass is 531 g/mol. The number of aliphatic hydroxyl groups is 1. The van der Waals surface area contributed by atoms with Crippen LogP contribution in [0.15, 0.2) is 35.3 Å². The van der Waals surface area contributed by atoms with Gasteiger partial charge >= 0.3 is 0 Å². The van der Waals surface area contributed by atoms with Gasteiger partial charge in [-0.3, -0.25) is 4.99 Å². The number of halogens is 1. The summed E-state index contributed by atoms with van der Waals surface area (Å²) >= 11 is 1.64. The van der Waals surface area contributed by atoms with E-state index in [1.54, 1.807) is 18.4 Å². The molecule has 0 radical (unpaired) electrons. The average Bonchev–Trinajstić information content (AvgIpc) is 3.12. The lowest BCUT2D eigenvalue weighted by molar-refractivity contribution is -0.0835. The van der Waals surface area contributed by atoms with Gasteiger partial charge in [0.25, 0.3) is 0 Å². The van der Waals surface area contributed by atoms with Crippen LogP contribution in [-0.2, 0) is 4.74 Å². The van der Waals surface area contributed by atoms with E-state index in [1.807, 2.05) is 12.1 Å². The predicted molar refractivity (Wildman–Crippen MR) is 133 cm³/mol. The van der Waals surface area contributed by atoms with Gasteiger partial charge in [-0.1, -0.05) is 39.0 Å². The van der Waals surface area contributed by atoms with E-state index in [9.17, 15) is 5.11 Å². The zero-order valence-corrected chi connectivity index (χ0v) is 20.9. The number of hydrogen-bond acceptors (Lipinski definition) is 4. The number of hydrogen-bond donors (Lipinski definition) is 3. The number of rotatable bonds is 5. The van der Waals surface area contributed by atoms with Gasteiger partial charge in [0.15, 0.2) is 5.96 Å². The Morgan fingerprint density at radius 1 is 1.31 bits per heavy atom. The Labute approximate surface area is 195 Å². The van der Waals surface area contributed by atoms with Crippen LogP contribution in [0.5, 0.6) is 0 Å². The Balaban J connectivity index is 0.00000300. The normalized spacial score (nSPS) is 21.5. The van der Waals surface area contributed by atoms with Crippen LogP contribution in [0.1, 0.15) is 44.6 Å². The summed E-state index contributed by atoms with van der Waals surface area (Å²) in [6.45, 7) is 8.82. The Morgan fingerprint density at radius 2 is 2.07 bits per heavy atom. The molecule has 1 aliphatic rings. The minimum atomic E-state index is -0.559. The molecule has 0 spiro atoms. The van der Waals surface area contributed by atoms with E-state index >= 15 is 0 Å². The lowest BCUT2D eigenvalue weighted by atomic mass is 9.78. The van der Waals surface area contributed by atoms with E-state index in [0.717, 1.165) is 36.8 Å². The van der Waals surface area contributed by atoms with Crippen molar-refractivity contribution in [2.24, 2.45) is 16.3 Å². The molecule has 2 heterocycles. The van der Waals surface area contributed by atoms with Crippen LogP contribution in [0.25, 0.3) is 10.1 Å². The first-order valence-electron chi connectivity index (χ1n) is 10.1. The molecule has 5 nitrogen and oxygen atoms in total. The molecule has 0 amide bonds. The van der Waals surface area contributed by atoms with Crippen molar-refractivity contribution in [1.82, 2.24) is 10.6 Å². The number of fused-ring (bicyclic) bond motifs is 1. The molecular weight excluding hydrogens is 497 g/mol. The van der Waals surface area contributed by atoms with Crippen LogP contribution in [0.4, 0.5) is 0 Å². The van der Waals surface area contributed by atoms with Crippen LogP contribution in [0.2, 0.25) is 0 Å². The minimum Gasteiger partial charge on any atom is -0.386 e. The van der Waals surface area contributed by atoms with E-state index in [1.165, 1.54) is 10.1 Å². The van der Waals surface area contributed by atoms with Gasteiger partial charge in [-0.2, -0.15) is 0 Å². The van der Waals surface area contributed by atoms with Gasteiger partial charge in [0.05, 0.1) is 6.10 Å². The summed E-state index contributed by atoms with van der Waals surface area (Å²) in [6.07, 6.45) is 1.96. The summed E-state index contributed by atoms with van der Waals surface area (Å²) in [6, 6.07) is 10.3. The van der Waals surface area contributed by atoms with Crippen molar-refractivity contribution in [3.63, 3.8) is 0 Å². The second-order valence-electron chi connectivity index (χ2n) is 8.60. The summed E-state index contributed by atoms with van der Waals surface area (Å²) in [5, 5.41) is 18.4. The van der Waals surface area contributed by atoms with Crippen LogP contribution in [0.3, 0.4) is 0 Å². The zero-order chi connectivity index (χ0) is 20.1. The molecular formula is C22H34IN3O2S. The fourth-order valence-corrected chi connectivity index (χ4v) is 4.97. The molecule has 0 saturated carbocycles. The summed E-state index contributed by atoms with van der Waals surface area (Å²) < 4.78 is 7.27. The van der Waals surface area contributed by atoms with Crippen molar-refractivity contribution in [2.75, 3.05) is 26.7 Å². The molecule has 3 unspecified atom stereocenters.